The van der Waals surface area contributed by atoms with E-state index in [0.29, 0.717) is 40.7 Å². The average molecular weight is 505 g/mol. The van der Waals surface area contributed by atoms with Gasteiger partial charge in [-0.05, 0) is 73.1 Å². The molecule has 36 heavy (non-hydrogen) atoms. The first kappa shape index (κ1) is 26.4. The summed E-state index contributed by atoms with van der Waals surface area (Å²) in [6, 6.07) is 22.0. The van der Waals surface area contributed by atoms with E-state index < -0.39 is 11.8 Å². The first-order valence-corrected chi connectivity index (χ1v) is 11.8. The number of ether oxygens (including phenoxy) is 1. The first-order chi connectivity index (χ1) is 17.3. The van der Waals surface area contributed by atoms with E-state index in [1.807, 2.05) is 6.07 Å². The van der Waals surface area contributed by atoms with Gasteiger partial charge in [-0.1, -0.05) is 44.2 Å². The van der Waals surface area contributed by atoms with E-state index in [0.717, 1.165) is 6.42 Å². The Morgan fingerprint density at radius 1 is 0.778 bits per heavy atom. The number of hydrogen-bond donors (Lipinski definition) is 4. The van der Waals surface area contributed by atoms with Crippen LogP contribution in [0.4, 0.5) is 5.69 Å². The van der Waals surface area contributed by atoms with Gasteiger partial charge in [-0.15, -0.1) is 0 Å². The third-order valence-electron chi connectivity index (χ3n) is 5.04. The number of amides is 3. The number of carbonyl (C=O) groups is 3. The molecule has 0 saturated carbocycles. The molecule has 0 fully saturated rings. The lowest BCUT2D eigenvalue weighted by molar-refractivity contribution is 0.0933. The maximum Gasteiger partial charge on any atom is 0.269 e. The van der Waals surface area contributed by atoms with Gasteiger partial charge in [-0.2, -0.15) is 0 Å². The van der Waals surface area contributed by atoms with Gasteiger partial charge in [0.15, 0.2) is 5.11 Å². The second-order valence-corrected chi connectivity index (χ2v) is 8.70. The summed E-state index contributed by atoms with van der Waals surface area (Å²) < 4.78 is 5.74. The zero-order valence-electron chi connectivity index (χ0n) is 20.0. The molecule has 3 rings (SSSR count). The molecule has 0 aliphatic carbocycles. The molecule has 0 bridgehead atoms. The number of para-hydroxylation sites is 1. The van der Waals surface area contributed by atoms with Gasteiger partial charge in [-0.3, -0.25) is 30.6 Å². The maximum absolute atomic E-state index is 12.6. The molecule has 186 valence electrons. The minimum Gasteiger partial charge on any atom is -0.493 e. The van der Waals surface area contributed by atoms with Crippen molar-refractivity contribution in [3.8, 4) is 5.75 Å². The van der Waals surface area contributed by atoms with Gasteiger partial charge in [0, 0.05) is 16.8 Å². The van der Waals surface area contributed by atoms with Gasteiger partial charge >= 0.3 is 0 Å². The summed E-state index contributed by atoms with van der Waals surface area (Å²) in [6.07, 6.45) is 0.863. The maximum atomic E-state index is 12.6. The van der Waals surface area contributed by atoms with Crippen LogP contribution in [-0.2, 0) is 0 Å². The second-order valence-electron chi connectivity index (χ2n) is 8.29. The van der Waals surface area contributed by atoms with Crippen molar-refractivity contribution in [3.05, 3.63) is 95.6 Å². The van der Waals surface area contributed by atoms with E-state index in [4.69, 9.17) is 17.0 Å². The lowest BCUT2D eigenvalue weighted by Crippen LogP contribution is -2.48. The Kier molecular flexibility index (Phi) is 9.53. The second kappa shape index (κ2) is 13.0. The summed E-state index contributed by atoms with van der Waals surface area (Å²) in [5, 5.41) is 5.23. The van der Waals surface area contributed by atoms with Crippen LogP contribution in [0.5, 0.6) is 5.75 Å². The molecule has 8 nitrogen and oxygen atoms in total. The van der Waals surface area contributed by atoms with Crippen LogP contribution in [0.2, 0.25) is 0 Å². The smallest absolute Gasteiger partial charge is 0.269 e. The van der Waals surface area contributed by atoms with E-state index in [2.05, 4.69) is 35.3 Å². The molecule has 0 aliphatic heterocycles. The fraction of sp³-hybridized carbons (Fsp3) is 0.185. The van der Waals surface area contributed by atoms with Crippen molar-refractivity contribution < 1.29 is 19.1 Å². The van der Waals surface area contributed by atoms with Gasteiger partial charge in [-0.25, -0.2) is 0 Å². The molecule has 9 heteroatoms. The lowest BCUT2D eigenvalue weighted by Gasteiger charge is -2.14. The molecular weight excluding hydrogens is 476 g/mol. The zero-order chi connectivity index (χ0) is 25.9. The highest BCUT2D eigenvalue weighted by Crippen LogP contribution is 2.18. The Hall–Kier alpha value is -4.24. The van der Waals surface area contributed by atoms with Crippen LogP contribution in [0.15, 0.2) is 78.9 Å². The van der Waals surface area contributed by atoms with E-state index in [9.17, 15) is 14.4 Å². The van der Waals surface area contributed by atoms with E-state index >= 15 is 0 Å². The third kappa shape index (κ3) is 7.92. The number of benzene rings is 3. The number of thiocarbonyl (C=S) groups is 1. The Labute approximate surface area is 215 Å². The predicted molar refractivity (Wildman–Crippen MR) is 143 cm³/mol. The molecular formula is C27H28N4O4S. The van der Waals surface area contributed by atoms with Crippen LogP contribution in [0.1, 0.15) is 51.3 Å². The molecule has 0 unspecified atom stereocenters. The number of anilines is 1. The van der Waals surface area contributed by atoms with Crippen molar-refractivity contribution in [3.63, 3.8) is 0 Å². The zero-order valence-corrected chi connectivity index (χ0v) is 20.9. The fourth-order valence-corrected chi connectivity index (χ4v) is 3.21. The number of hydrogen-bond acceptors (Lipinski definition) is 5. The van der Waals surface area contributed by atoms with Crippen LogP contribution in [0.25, 0.3) is 0 Å². The van der Waals surface area contributed by atoms with Crippen molar-refractivity contribution in [1.29, 1.82) is 0 Å². The summed E-state index contributed by atoms with van der Waals surface area (Å²) >= 11 is 5.13. The fourth-order valence-electron chi connectivity index (χ4n) is 3.07. The molecule has 0 radical (unpaired) electrons. The molecule has 0 spiro atoms. The molecule has 0 aliphatic rings. The highest BCUT2D eigenvalue weighted by molar-refractivity contribution is 7.80. The topological polar surface area (TPSA) is 109 Å². The molecule has 0 aromatic heterocycles. The molecule has 0 atom stereocenters. The van der Waals surface area contributed by atoms with E-state index in [-0.39, 0.29) is 11.0 Å². The number of rotatable bonds is 8. The van der Waals surface area contributed by atoms with Crippen molar-refractivity contribution in [2.45, 2.75) is 20.3 Å². The van der Waals surface area contributed by atoms with Crippen LogP contribution in [-0.4, -0.2) is 29.4 Å². The van der Waals surface area contributed by atoms with Crippen LogP contribution in [0, 0.1) is 5.92 Å². The summed E-state index contributed by atoms with van der Waals surface area (Å²) in [4.78, 5) is 37.3. The average Bonchev–Trinajstić information content (AvgIpc) is 2.88. The summed E-state index contributed by atoms with van der Waals surface area (Å²) in [7, 11) is 0. The first-order valence-electron chi connectivity index (χ1n) is 11.4. The molecule has 4 N–H and O–H groups in total. The SMILES string of the molecule is CC(C)CCOc1ccccc1C(=O)NC(=S)NNC(=O)c1ccc(NC(=O)c2ccccc2)cc1. The summed E-state index contributed by atoms with van der Waals surface area (Å²) in [6.45, 7) is 4.69. The van der Waals surface area contributed by atoms with E-state index in [1.54, 1.807) is 72.8 Å². The Morgan fingerprint density at radius 3 is 2.11 bits per heavy atom. The molecule has 3 aromatic rings. The van der Waals surface area contributed by atoms with Crippen LogP contribution >= 0.6 is 12.2 Å². The Morgan fingerprint density at radius 2 is 1.42 bits per heavy atom. The van der Waals surface area contributed by atoms with Gasteiger partial charge in [0.2, 0.25) is 0 Å². The van der Waals surface area contributed by atoms with Crippen molar-refractivity contribution in [2.75, 3.05) is 11.9 Å². The highest BCUT2D eigenvalue weighted by atomic mass is 32.1. The van der Waals surface area contributed by atoms with Crippen molar-refractivity contribution in [1.82, 2.24) is 16.2 Å². The van der Waals surface area contributed by atoms with Crippen LogP contribution < -0.4 is 26.2 Å². The van der Waals surface area contributed by atoms with Crippen LogP contribution in [0.3, 0.4) is 0 Å². The predicted octanol–water partition coefficient (Wildman–Crippen LogP) is 4.31. The molecule has 0 heterocycles. The monoisotopic (exact) mass is 504 g/mol. The minimum absolute atomic E-state index is 0.0721. The van der Waals surface area contributed by atoms with Gasteiger partial charge < -0.3 is 10.1 Å². The molecule has 3 amide bonds. The molecule has 3 aromatic carbocycles. The summed E-state index contributed by atoms with van der Waals surface area (Å²) in [5.41, 5.74) is 6.70. The van der Waals surface area contributed by atoms with Crippen molar-refractivity contribution in [2.24, 2.45) is 5.92 Å². The number of hydrazine groups is 1. The van der Waals surface area contributed by atoms with E-state index in [1.165, 1.54) is 0 Å². The number of nitrogens with one attached hydrogen (secondary N) is 4. The largest absolute Gasteiger partial charge is 0.493 e. The third-order valence-corrected chi connectivity index (χ3v) is 5.25. The highest BCUT2D eigenvalue weighted by Gasteiger charge is 2.14. The normalized spacial score (nSPS) is 10.3. The van der Waals surface area contributed by atoms with Gasteiger partial charge in [0.05, 0.1) is 12.2 Å². The Balaban J connectivity index is 1.49. The number of carbonyl (C=O) groups excluding carboxylic acids is 3. The lowest BCUT2D eigenvalue weighted by atomic mass is 10.1. The van der Waals surface area contributed by atoms with Gasteiger partial charge in [0.1, 0.15) is 5.75 Å². The van der Waals surface area contributed by atoms with Crippen molar-refractivity contribution >= 4 is 40.7 Å². The standard InChI is InChI=1S/C27H28N4O4S/c1-18(2)16-17-35-23-11-7-6-10-22(23)26(34)29-27(36)31-30-25(33)20-12-14-21(15-13-20)28-24(32)19-8-4-3-5-9-19/h3-15,18H,16-17H2,1-2H3,(H,28,32)(H,30,33)(H2,29,31,34,36). The Bertz CT molecular complexity index is 1210. The quantitative estimate of drug-likeness (QED) is 0.269. The minimum atomic E-state index is -0.468. The summed E-state index contributed by atoms with van der Waals surface area (Å²) in [5.74, 6) is -0.231. The van der Waals surface area contributed by atoms with Gasteiger partial charge in [0.25, 0.3) is 17.7 Å². The molecule has 0 saturated heterocycles.